The lowest BCUT2D eigenvalue weighted by molar-refractivity contribution is 0.0478. The number of nitrogens with one attached hydrogen (secondary N) is 3. The van der Waals surface area contributed by atoms with Crippen LogP contribution >= 0.6 is 0 Å². The fraction of sp³-hybridized carbons (Fsp3) is 0.463. The van der Waals surface area contributed by atoms with Gasteiger partial charge in [-0.3, -0.25) is 24.1 Å². The van der Waals surface area contributed by atoms with Crippen LogP contribution in [-0.4, -0.2) is 110 Å². The average molecular weight is 803 g/mol. The van der Waals surface area contributed by atoms with Gasteiger partial charge in [-0.2, -0.15) is 5.10 Å². The van der Waals surface area contributed by atoms with Gasteiger partial charge >= 0.3 is 6.09 Å². The third kappa shape index (κ3) is 12.7. The minimum absolute atomic E-state index is 0.0401. The lowest BCUT2D eigenvalue weighted by atomic mass is 10.1. The van der Waals surface area contributed by atoms with E-state index in [1.807, 2.05) is 51.7 Å². The molecule has 17 heteroatoms. The molecule has 0 aliphatic carbocycles. The topological polar surface area (TPSA) is 221 Å². The van der Waals surface area contributed by atoms with E-state index >= 15 is 0 Å². The summed E-state index contributed by atoms with van der Waals surface area (Å²) >= 11 is 0. The number of hydrogen-bond donors (Lipinski definition) is 5. The van der Waals surface area contributed by atoms with E-state index in [9.17, 15) is 19.2 Å². The number of primary amides is 1. The molecule has 1 fully saturated rings. The molecular formula is C41H58N10O7. The summed E-state index contributed by atoms with van der Waals surface area (Å²) in [6.07, 6.45) is 6.51. The molecule has 58 heavy (non-hydrogen) atoms. The summed E-state index contributed by atoms with van der Waals surface area (Å²) in [7, 11) is 1.46. The molecule has 3 aromatic rings. The van der Waals surface area contributed by atoms with Crippen molar-refractivity contribution in [1.29, 1.82) is 0 Å². The fourth-order valence-electron chi connectivity index (χ4n) is 6.51. The number of aldehydes is 1. The van der Waals surface area contributed by atoms with Crippen molar-refractivity contribution in [1.82, 2.24) is 25.3 Å². The van der Waals surface area contributed by atoms with E-state index in [0.29, 0.717) is 65.2 Å². The van der Waals surface area contributed by atoms with Crippen LogP contribution in [0.25, 0.3) is 0 Å². The van der Waals surface area contributed by atoms with Crippen molar-refractivity contribution >= 4 is 53.7 Å². The number of hydrogen-bond acceptors (Lipinski definition) is 13. The first kappa shape index (κ1) is 44.6. The molecule has 17 nitrogen and oxygen atoms in total. The first-order chi connectivity index (χ1) is 27.7. The van der Waals surface area contributed by atoms with E-state index < -0.39 is 11.5 Å². The monoisotopic (exact) mass is 802 g/mol. The van der Waals surface area contributed by atoms with E-state index in [-0.39, 0.29) is 36.8 Å². The maximum atomic E-state index is 13.3. The second-order valence-electron chi connectivity index (χ2n) is 14.9. The van der Waals surface area contributed by atoms with Crippen LogP contribution in [0, 0.1) is 6.92 Å². The Morgan fingerprint density at radius 2 is 1.84 bits per heavy atom. The van der Waals surface area contributed by atoms with Gasteiger partial charge in [0.2, 0.25) is 5.91 Å². The maximum absolute atomic E-state index is 13.3. The summed E-state index contributed by atoms with van der Waals surface area (Å²) in [4.78, 5) is 57.5. The van der Waals surface area contributed by atoms with Gasteiger partial charge in [-0.15, -0.1) is 0 Å². The zero-order chi connectivity index (χ0) is 42.4. The number of anilines is 3. The van der Waals surface area contributed by atoms with E-state index in [1.165, 1.54) is 19.2 Å². The van der Waals surface area contributed by atoms with E-state index in [1.54, 1.807) is 22.9 Å². The molecule has 0 saturated carbocycles. The zero-order valence-corrected chi connectivity index (χ0v) is 34.4. The first-order valence-electron chi connectivity index (χ1n) is 19.3. The van der Waals surface area contributed by atoms with Crippen LogP contribution in [0.5, 0.6) is 11.5 Å². The minimum atomic E-state index is -0.654. The number of rotatable bonds is 20. The normalized spacial score (nSPS) is 13.5. The number of nitrogen functional groups attached to an aromatic ring is 1. The second-order valence-corrected chi connectivity index (χ2v) is 14.9. The summed E-state index contributed by atoms with van der Waals surface area (Å²) in [5.74, 6) is -0.197. The molecule has 4 rings (SSSR count). The van der Waals surface area contributed by atoms with E-state index in [4.69, 9.17) is 25.7 Å². The van der Waals surface area contributed by atoms with Crippen LogP contribution in [0.1, 0.15) is 83.9 Å². The highest BCUT2D eigenvalue weighted by Gasteiger charge is 2.24. The standard InChI is InChI=1S/C41H58N10O7/c1-8-51-33(20-27(2)48-51)39(54)46-26-50(37-32(44-6)23-29(38(43)53)24-35(37)56-7)16-10-9-14-45-36-31(42)21-28(25-52)22-34(36)57-19-11-15-49-17-12-30(13-18-49)47-40(55)58-41(3,4)5/h9-10,20-25,30,45H,6,8,11-19,26,42H2,1-5,7H3,(H2,43,53)(H,46,54)(H,47,55)/b10-9+. The second kappa shape index (κ2) is 20.9. The molecule has 1 aromatic heterocycles. The van der Waals surface area contributed by atoms with Crippen molar-refractivity contribution < 1.29 is 33.4 Å². The Labute approximate surface area is 340 Å². The average Bonchev–Trinajstić information content (AvgIpc) is 3.57. The first-order valence-corrected chi connectivity index (χ1v) is 19.3. The third-order valence-electron chi connectivity index (χ3n) is 9.28. The number of aliphatic imine (C=N–C) groups is 1. The molecule has 0 unspecified atom stereocenters. The number of benzene rings is 2. The van der Waals surface area contributed by atoms with E-state index in [2.05, 4.69) is 37.7 Å². The van der Waals surface area contributed by atoms with Crippen LogP contribution in [0.2, 0.25) is 0 Å². The maximum Gasteiger partial charge on any atom is 0.407 e. The molecule has 2 heterocycles. The SMILES string of the molecule is C=Nc1cc(C(N)=O)cc(OC)c1N(C/C=C/CNc1c(N)cc(C=O)cc1OCCCN1CCC(NC(=O)OC(C)(C)C)CC1)CNC(=O)c1cc(C)nn1CC. The number of ether oxygens (including phenoxy) is 3. The van der Waals surface area contributed by atoms with Crippen LogP contribution < -0.4 is 41.8 Å². The predicted molar refractivity (Wildman–Crippen MR) is 226 cm³/mol. The molecule has 0 bridgehead atoms. The Hall–Kier alpha value is -6.10. The third-order valence-corrected chi connectivity index (χ3v) is 9.28. The number of nitrogens with two attached hydrogens (primary N) is 2. The Balaban J connectivity index is 1.40. The smallest absolute Gasteiger partial charge is 0.407 e. The quantitative estimate of drug-likeness (QED) is 0.0263. The number of carbonyl (C=O) groups is 4. The van der Waals surface area contributed by atoms with Gasteiger partial charge in [0.15, 0.2) is 0 Å². The van der Waals surface area contributed by atoms with E-state index in [0.717, 1.165) is 50.9 Å². The summed E-state index contributed by atoms with van der Waals surface area (Å²) in [5, 5.41) is 13.6. The summed E-state index contributed by atoms with van der Waals surface area (Å²) in [6.45, 7) is 17.0. The summed E-state index contributed by atoms with van der Waals surface area (Å²) in [5.41, 5.74) is 14.9. The predicted octanol–water partition coefficient (Wildman–Crippen LogP) is 4.67. The van der Waals surface area contributed by atoms with Crippen molar-refractivity contribution in [2.75, 3.05) is 69.1 Å². The summed E-state index contributed by atoms with van der Waals surface area (Å²) in [6, 6.07) is 8.08. The van der Waals surface area contributed by atoms with Crippen molar-refractivity contribution in [3.63, 3.8) is 0 Å². The highest BCUT2D eigenvalue weighted by molar-refractivity contribution is 5.97. The number of piperidine rings is 1. The fourth-order valence-corrected chi connectivity index (χ4v) is 6.51. The molecule has 1 aliphatic heterocycles. The van der Waals surface area contributed by atoms with Crippen LogP contribution in [0.15, 0.2) is 47.5 Å². The molecule has 1 aliphatic rings. The molecule has 0 spiro atoms. The van der Waals surface area contributed by atoms with Crippen LogP contribution in [0.4, 0.5) is 27.5 Å². The van der Waals surface area contributed by atoms with Gasteiger partial charge in [-0.05, 0) is 90.9 Å². The van der Waals surface area contributed by atoms with Crippen molar-refractivity contribution in [2.24, 2.45) is 10.7 Å². The van der Waals surface area contributed by atoms with Crippen LogP contribution in [-0.2, 0) is 11.3 Å². The molecule has 2 aromatic carbocycles. The number of amides is 3. The van der Waals surface area contributed by atoms with Gasteiger partial charge in [-0.1, -0.05) is 12.2 Å². The zero-order valence-electron chi connectivity index (χ0n) is 34.4. The number of likely N-dealkylation sites (tertiary alicyclic amines) is 1. The van der Waals surface area contributed by atoms with Gasteiger partial charge in [-0.25, -0.2) is 4.79 Å². The Bertz CT molecular complexity index is 1950. The Morgan fingerprint density at radius 1 is 1.10 bits per heavy atom. The van der Waals surface area contributed by atoms with Gasteiger partial charge in [0.05, 0.1) is 37.5 Å². The van der Waals surface area contributed by atoms with Gasteiger partial charge < -0.3 is 51.4 Å². The Morgan fingerprint density at radius 3 is 2.48 bits per heavy atom. The molecule has 3 amide bonds. The molecule has 1 saturated heterocycles. The molecule has 7 N–H and O–H groups in total. The lowest BCUT2D eigenvalue weighted by Crippen LogP contribution is -2.46. The summed E-state index contributed by atoms with van der Waals surface area (Å²) < 4.78 is 18.8. The van der Waals surface area contributed by atoms with Gasteiger partial charge in [0, 0.05) is 56.4 Å². The van der Waals surface area contributed by atoms with Crippen molar-refractivity contribution in [3.8, 4) is 11.5 Å². The molecule has 0 atom stereocenters. The number of alkyl carbamates (subject to hydrolysis) is 1. The number of methoxy groups -OCH3 is 1. The highest BCUT2D eigenvalue weighted by Crippen LogP contribution is 2.39. The van der Waals surface area contributed by atoms with Crippen LogP contribution in [0.3, 0.4) is 0 Å². The van der Waals surface area contributed by atoms with Gasteiger partial charge in [0.25, 0.3) is 5.91 Å². The Kier molecular flexibility index (Phi) is 16.1. The number of carbonyl (C=O) groups excluding carboxylic acids is 4. The molecule has 0 radical (unpaired) electrons. The number of aromatic nitrogens is 2. The molecule has 314 valence electrons. The minimum Gasteiger partial charge on any atom is -0.494 e. The molecular weight excluding hydrogens is 745 g/mol. The number of aryl methyl sites for hydroxylation is 2. The largest absolute Gasteiger partial charge is 0.494 e. The number of nitrogens with zero attached hydrogens (tertiary/aromatic N) is 5. The van der Waals surface area contributed by atoms with Crippen molar-refractivity contribution in [2.45, 2.75) is 72.1 Å². The highest BCUT2D eigenvalue weighted by atomic mass is 16.6. The van der Waals surface area contributed by atoms with Gasteiger partial charge in [0.1, 0.15) is 40.5 Å². The lowest BCUT2D eigenvalue weighted by Gasteiger charge is -2.32. The van der Waals surface area contributed by atoms with Crippen molar-refractivity contribution in [3.05, 3.63) is 65.0 Å².